The quantitative estimate of drug-likeness (QED) is 0.293. The monoisotopic (exact) mass is 551 g/mol. The van der Waals surface area contributed by atoms with Gasteiger partial charge in [0.05, 0.1) is 5.56 Å². The molecule has 206 valence electrons. The number of likely N-dealkylation sites (N-methyl/N-ethyl adjacent to an activating group) is 1. The van der Waals surface area contributed by atoms with Crippen LogP contribution < -0.4 is 9.64 Å². The van der Waals surface area contributed by atoms with Crippen molar-refractivity contribution in [2.45, 2.75) is 39.2 Å². The Hall–Kier alpha value is -3.60. The average molecular weight is 552 g/mol. The molecule has 0 unspecified atom stereocenters. The zero-order valence-electron chi connectivity index (χ0n) is 22.4. The predicted molar refractivity (Wildman–Crippen MR) is 154 cm³/mol. The number of aromatic carboxylic acids is 1. The van der Waals surface area contributed by atoms with Gasteiger partial charge >= 0.3 is 5.97 Å². The highest BCUT2D eigenvalue weighted by Crippen LogP contribution is 2.29. The van der Waals surface area contributed by atoms with Gasteiger partial charge in [0.2, 0.25) is 5.88 Å². The Bertz CT molecular complexity index is 1270. The van der Waals surface area contributed by atoms with E-state index in [0.29, 0.717) is 27.9 Å². The molecule has 2 heterocycles. The molecule has 1 saturated heterocycles. The Morgan fingerprint density at radius 3 is 2.59 bits per heavy atom. The first-order chi connectivity index (χ1) is 18.8. The molecule has 2 aromatic carbocycles. The van der Waals surface area contributed by atoms with E-state index in [9.17, 15) is 14.3 Å². The number of carbonyl (C=O) groups is 1. The van der Waals surface area contributed by atoms with Crippen LogP contribution in [0.25, 0.3) is 0 Å². The molecule has 8 heteroatoms. The van der Waals surface area contributed by atoms with Gasteiger partial charge in [-0.1, -0.05) is 29.8 Å². The van der Waals surface area contributed by atoms with E-state index in [4.69, 9.17) is 21.3 Å². The number of aryl methyl sites for hydroxylation is 1. The third-order valence-corrected chi connectivity index (χ3v) is 7.24. The second-order valence-corrected chi connectivity index (χ2v) is 9.86. The number of pyridine rings is 1. The lowest BCUT2D eigenvalue weighted by atomic mass is 9.93. The Kier molecular flexibility index (Phi) is 11.2. The number of hydrogen-bond donors (Lipinski definition) is 1. The Labute approximate surface area is 235 Å². The number of carboxylic acid groups (broad SMARTS) is 1. The molecule has 0 amide bonds. The van der Waals surface area contributed by atoms with Crippen LogP contribution in [-0.4, -0.2) is 53.7 Å². The number of rotatable bonds is 10. The molecule has 1 aromatic heterocycles. The summed E-state index contributed by atoms with van der Waals surface area (Å²) >= 11 is 5.83. The largest absolute Gasteiger partial charge is 0.478 e. The highest BCUT2D eigenvalue weighted by molar-refractivity contribution is 6.30. The van der Waals surface area contributed by atoms with E-state index < -0.39 is 5.97 Å². The van der Waals surface area contributed by atoms with Gasteiger partial charge in [-0.05, 0) is 75.7 Å². The summed E-state index contributed by atoms with van der Waals surface area (Å²) in [6, 6.07) is 15.6. The summed E-state index contributed by atoms with van der Waals surface area (Å²) in [5, 5.41) is 9.73. The molecule has 0 spiro atoms. The van der Waals surface area contributed by atoms with Crippen LogP contribution in [0.4, 0.5) is 10.1 Å². The number of aromatic nitrogens is 1. The van der Waals surface area contributed by atoms with Gasteiger partial charge in [0.1, 0.15) is 12.4 Å². The molecule has 3 aromatic rings. The van der Waals surface area contributed by atoms with E-state index in [0.717, 1.165) is 62.5 Å². The van der Waals surface area contributed by atoms with Crippen molar-refractivity contribution in [2.24, 2.45) is 0 Å². The van der Waals surface area contributed by atoms with Crippen LogP contribution in [0.3, 0.4) is 0 Å². The number of piperidine rings is 1. The maximum Gasteiger partial charge on any atom is 0.335 e. The first kappa shape index (κ1) is 29.9. The van der Waals surface area contributed by atoms with E-state index in [2.05, 4.69) is 29.6 Å². The van der Waals surface area contributed by atoms with Gasteiger partial charge in [0.25, 0.3) is 0 Å². The number of halogens is 2. The normalized spacial score (nSPS) is 13.8. The summed E-state index contributed by atoms with van der Waals surface area (Å²) in [5.41, 5.74) is 3.83. The number of benzene rings is 2. The maximum absolute atomic E-state index is 14.0. The number of ether oxygens (including phenoxy) is 1. The Morgan fingerprint density at radius 1 is 1.18 bits per heavy atom. The first-order valence-corrected chi connectivity index (χ1v) is 13.4. The SMILES string of the molecule is C#C.CCN(CCN1CCC(c2cccc(OCc3ccc(Cl)cc3F)n2)CC1)c1cc(C(=O)O)ccc1C. The lowest BCUT2D eigenvalue weighted by Gasteiger charge is -2.34. The van der Waals surface area contributed by atoms with Crippen LogP contribution in [0.1, 0.15) is 52.9 Å². The standard InChI is InChI=1S/C29H33ClFN3O3.C2H2/c1-3-34(27-17-22(29(35)36)8-7-20(27)2)16-15-33-13-11-21(12-14-33)26-5-4-6-28(32-26)37-19-23-9-10-24(30)18-25(23)31;1-2/h4-10,17-18,21H,3,11-16,19H2,1-2H3,(H,35,36);1-2H. The van der Waals surface area contributed by atoms with E-state index >= 15 is 0 Å². The zero-order valence-corrected chi connectivity index (χ0v) is 23.2. The molecule has 1 N–H and O–H groups in total. The minimum Gasteiger partial charge on any atom is -0.478 e. The van der Waals surface area contributed by atoms with Crippen molar-refractivity contribution in [2.75, 3.05) is 37.6 Å². The van der Waals surface area contributed by atoms with Crippen LogP contribution in [-0.2, 0) is 6.61 Å². The van der Waals surface area contributed by atoms with Gasteiger partial charge in [0, 0.05) is 53.6 Å². The van der Waals surface area contributed by atoms with Crippen molar-refractivity contribution < 1.29 is 19.0 Å². The predicted octanol–water partition coefficient (Wildman–Crippen LogP) is 6.42. The Morgan fingerprint density at radius 2 is 1.92 bits per heavy atom. The fraction of sp³-hybridized carbons (Fsp3) is 0.355. The summed E-state index contributed by atoms with van der Waals surface area (Å²) in [6.07, 6.45) is 10.0. The van der Waals surface area contributed by atoms with Gasteiger partial charge in [-0.3, -0.25) is 0 Å². The van der Waals surface area contributed by atoms with E-state index in [1.807, 2.05) is 25.1 Å². The summed E-state index contributed by atoms with van der Waals surface area (Å²) in [7, 11) is 0. The zero-order chi connectivity index (χ0) is 28.4. The van der Waals surface area contributed by atoms with Gasteiger partial charge in [-0.15, -0.1) is 12.8 Å². The molecule has 0 saturated carbocycles. The minimum absolute atomic E-state index is 0.0979. The highest BCUT2D eigenvalue weighted by atomic mass is 35.5. The van der Waals surface area contributed by atoms with Crippen LogP contribution in [0.5, 0.6) is 5.88 Å². The van der Waals surface area contributed by atoms with Crippen molar-refractivity contribution in [1.82, 2.24) is 9.88 Å². The van der Waals surface area contributed by atoms with Crippen LogP contribution in [0.2, 0.25) is 5.02 Å². The third-order valence-electron chi connectivity index (χ3n) is 7.01. The first-order valence-electron chi connectivity index (χ1n) is 13.0. The number of carboxylic acids is 1. The molecule has 1 aliphatic rings. The molecule has 0 bridgehead atoms. The fourth-order valence-electron chi connectivity index (χ4n) is 4.78. The molecule has 39 heavy (non-hydrogen) atoms. The number of nitrogens with zero attached hydrogens (tertiary/aromatic N) is 3. The van der Waals surface area contributed by atoms with Crippen molar-refractivity contribution in [3.8, 4) is 18.7 Å². The van der Waals surface area contributed by atoms with E-state index in [1.165, 1.54) is 6.07 Å². The molecule has 0 radical (unpaired) electrons. The van der Waals surface area contributed by atoms with Crippen LogP contribution in [0, 0.1) is 25.6 Å². The smallest absolute Gasteiger partial charge is 0.335 e. The van der Waals surface area contributed by atoms with Crippen molar-refractivity contribution in [1.29, 1.82) is 0 Å². The lowest BCUT2D eigenvalue weighted by Crippen LogP contribution is -2.39. The van der Waals surface area contributed by atoms with Gasteiger partial charge in [-0.25, -0.2) is 14.2 Å². The second-order valence-electron chi connectivity index (χ2n) is 9.43. The molecular formula is C31H35ClFN3O3. The number of anilines is 1. The van der Waals surface area contributed by atoms with Gasteiger partial charge in [-0.2, -0.15) is 0 Å². The van der Waals surface area contributed by atoms with Crippen molar-refractivity contribution in [3.63, 3.8) is 0 Å². The summed E-state index contributed by atoms with van der Waals surface area (Å²) in [5.74, 6) is -0.447. The topological polar surface area (TPSA) is 65.9 Å². The number of hydrogen-bond acceptors (Lipinski definition) is 5. The van der Waals surface area contributed by atoms with Crippen molar-refractivity contribution >= 4 is 23.3 Å². The minimum atomic E-state index is -0.903. The molecule has 6 nitrogen and oxygen atoms in total. The van der Waals surface area contributed by atoms with Crippen LogP contribution >= 0.6 is 11.6 Å². The maximum atomic E-state index is 14.0. The molecular weight excluding hydrogens is 517 g/mol. The third kappa shape index (κ3) is 8.19. The van der Waals surface area contributed by atoms with E-state index in [-0.39, 0.29) is 12.4 Å². The fourth-order valence-corrected chi connectivity index (χ4v) is 4.93. The van der Waals surface area contributed by atoms with E-state index in [1.54, 1.807) is 30.3 Å². The number of likely N-dealkylation sites (tertiary alicyclic amines) is 1. The average Bonchev–Trinajstić information content (AvgIpc) is 2.95. The van der Waals surface area contributed by atoms with Crippen LogP contribution in [0.15, 0.2) is 54.6 Å². The summed E-state index contributed by atoms with van der Waals surface area (Å²) in [6.45, 7) is 8.73. The van der Waals surface area contributed by atoms with Crippen molar-refractivity contribution in [3.05, 3.63) is 87.8 Å². The highest BCUT2D eigenvalue weighted by Gasteiger charge is 2.22. The lowest BCUT2D eigenvalue weighted by molar-refractivity contribution is 0.0697. The molecule has 4 rings (SSSR count). The molecule has 1 aliphatic heterocycles. The molecule has 0 atom stereocenters. The summed E-state index contributed by atoms with van der Waals surface area (Å²) < 4.78 is 19.8. The Balaban J connectivity index is 0.00000205. The number of terminal acetylenes is 1. The molecule has 1 fully saturated rings. The van der Waals surface area contributed by atoms with Gasteiger partial charge in [0.15, 0.2) is 0 Å². The summed E-state index contributed by atoms with van der Waals surface area (Å²) in [4.78, 5) is 20.8. The molecule has 0 aliphatic carbocycles. The second kappa shape index (κ2) is 14.5. The van der Waals surface area contributed by atoms with Gasteiger partial charge < -0.3 is 19.6 Å².